The van der Waals surface area contributed by atoms with Gasteiger partial charge in [0.05, 0.1) is 13.7 Å². The molecule has 0 atom stereocenters. The van der Waals surface area contributed by atoms with Crippen molar-refractivity contribution < 1.29 is 14.3 Å². The zero-order valence-corrected chi connectivity index (χ0v) is 17.9. The third-order valence-electron chi connectivity index (χ3n) is 6.84. The summed E-state index contributed by atoms with van der Waals surface area (Å²) in [6, 6.07) is 6.10. The van der Waals surface area contributed by atoms with Gasteiger partial charge in [0.15, 0.2) is 0 Å². The number of nitrogens with zero attached hydrogens (tertiary/aromatic N) is 1. The minimum absolute atomic E-state index is 0.0258. The summed E-state index contributed by atoms with van der Waals surface area (Å²) < 4.78 is 5.38. The van der Waals surface area contributed by atoms with Crippen LogP contribution in [-0.4, -0.2) is 48.4 Å². The number of methoxy groups -OCH3 is 1. The van der Waals surface area contributed by atoms with Crippen LogP contribution in [0, 0.1) is 5.92 Å². The summed E-state index contributed by atoms with van der Waals surface area (Å²) in [6.45, 7) is 1.60. The van der Waals surface area contributed by atoms with Crippen molar-refractivity contribution in [1.29, 1.82) is 0 Å². The van der Waals surface area contributed by atoms with E-state index in [0.717, 1.165) is 50.0 Å². The van der Waals surface area contributed by atoms with Gasteiger partial charge in [-0.1, -0.05) is 19.3 Å². The van der Waals surface area contributed by atoms with Crippen LogP contribution in [0.1, 0.15) is 62.8 Å². The van der Waals surface area contributed by atoms with Crippen LogP contribution in [0.15, 0.2) is 24.4 Å². The summed E-state index contributed by atoms with van der Waals surface area (Å²) in [5, 5.41) is 4.06. The molecular weight excluding hydrogens is 378 g/mol. The van der Waals surface area contributed by atoms with Crippen molar-refractivity contribution in [2.75, 3.05) is 26.7 Å². The molecule has 2 heterocycles. The fraction of sp³-hybridized carbons (Fsp3) is 0.583. The number of likely N-dealkylation sites (tertiary alicyclic amines) is 1. The highest BCUT2D eigenvalue weighted by atomic mass is 16.5. The quantitative estimate of drug-likeness (QED) is 0.755. The molecule has 0 spiro atoms. The lowest BCUT2D eigenvalue weighted by molar-refractivity contribution is -0.134. The van der Waals surface area contributed by atoms with Gasteiger partial charge >= 0.3 is 0 Å². The smallest absolute Gasteiger partial charge is 0.241 e. The minimum atomic E-state index is 0.0258. The molecule has 0 radical (unpaired) electrons. The van der Waals surface area contributed by atoms with Gasteiger partial charge in [-0.15, -0.1) is 0 Å². The number of carbonyl (C=O) groups excluding carboxylic acids is 2. The Labute approximate surface area is 178 Å². The number of hydrogen-bond acceptors (Lipinski definition) is 3. The van der Waals surface area contributed by atoms with Gasteiger partial charge in [-0.2, -0.15) is 0 Å². The number of amides is 2. The lowest BCUT2D eigenvalue weighted by Crippen LogP contribution is -2.44. The van der Waals surface area contributed by atoms with E-state index in [9.17, 15) is 9.59 Å². The number of ether oxygens (including phenoxy) is 1. The molecule has 0 unspecified atom stereocenters. The standard InChI is InChI=1S/C24H33N3O3/c1-30-19-7-8-22-20(14-19)21(15-25-22)18-9-11-27(12-10-18)24(29)16-26-23(28)13-17-5-3-2-4-6-17/h7-8,14-15,17-18,25H,2-6,9-13,16H2,1H3,(H,26,28). The van der Waals surface area contributed by atoms with Crippen molar-refractivity contribution in [1.82, 2.24) is 15.2 Å². The number of hydrogen-bond donors (Lipinski definition) is 2. The van der Waals surface area contributed by atoms with E-state index in [-0.39, 0.29) is 18.4 Å². The second-order valence-corrected chi connectivity index (χ2v) is 8.80. The molecule has 2 aromatic rings. The van der Waals surface area contributed by atoms with Gasteiger partial charge in [-0.25, -0.2) is 0 Å². The number of piperidine rings is 1. The summed E-state index contributed by atoms with van der Waals surface area (Å²) in [4.78, 5) is 30.0. The average Bonchev–Trinajstić information content (AvgIpc) is 3.21. The molecular formula is C24H33N3O3. The maximum Gasteiger partial charge on any atom is 0.241 e. The molecule has 2 amide bonds. The second kappa shape index (κ2) is 9.54. The predicted molar refractivity (Wildman–Crippen MR) is 118 cm³/mol. The Morgan fingerprint density at radius 2 is 1.90 bits per heavy atom. The Morgan fingerprint density at radius 1 is 1.13 bits per heavy atom. The van der Waals surface area contributed by atoms with Gasteiger partial charge in [0.25, 0.3) is 0 Å². The normalized spacial score (nSPS) is 18.5. The molecule has 2 aliphatic rings. The van der Waals surface area contributed by atoms with Gasteiger partial charge in [0.2, 0.25) is 11.8 Å². The maximum atomic E-state index is 12.6. The molecule has 1 aromatic heterocycles. The molecule has 1 saturated heterocycles. The first-order chi connectivity index (χ1) is 14.6. The molecule has 30 heavy (non-hydrogen) atoms. The molecule has 1 aromatic carbocycles. The van der Waals surface area contributed by atoms with Gasteiger partial charge in [0, 0.05) is 36.6 Å². The van der Waals surface area contributed by atoms with E-state index in [1.54, 1.807) is 7.11 Å². The lowest BCUT2D eigenvalue weighted by atomic mass is 9.87. The molecule has 2 fully saturated rings. The fourth-order valence-electron chi connectivity index (χ4n) is 5.04. The molecule has 6 nitrogen and oxygen atoms in total. The number of carbonyl (C=O) groups is 2. The highest BCUT2D eigenvalue weighted by molar-refractivity contribution is 5.86. The van der Waals surface area contributed by atoms with E-state index in [1.165, 1.54) is 30.2 Å². The number of nitrogens with one attached hydrogen (secondary N) is 2. The van der Waals surface area contributed by atoms with Crippen LogP contribution in [-0.2, 0) is 9.59 Å². The molecule has 2 N–H and O–H groups in total. The van der Waals surface area contributed by atoms with Crippen LogP contribution in [0.4, 0.5) is 0 Å². The van der Waals surface area contributed by atoms with E-state index < -0.39 is 0 Å². The number of rotatable bonds is 6. The van der Waals surface area contributed by atoms with Crippen molar-refractivity contribution in [2.45, 2.75) is 57.3 Å². The summed E-state index contributed by atoms with van der Waals surface area (Å²) in [5.41, 5.74) is 2.42. The molecule has 162 valence electrons. The SMILES string of the molecule is COc1ccc2[nH]cc(C3CCN(C(=O)CNC(=O)CC4CCCCC4)CC3)c2c1. The van der Waals surface area contributed by atoms with Crippen LogP contribution >= 0.6 is 0 Å². The lowest BCUT2D eigenvalue weighted by Gasteiger charge is -2.32. The largest absolute Gasteiger partial charge is 0.497 e. The van der Waals surface area contributed by atoms with Crippen LogP contribution in [0.25, 0.3) is 10.9 Å². The van der Waals surface area contributed by atoms with Gasteiger partial charge < -0.3 is 19.9 Å². The Balaban J connectivity index is 1.26. The topological polar surface area (TPSA) is 74.4 Å². The molecule has 6 heteroatoms. The summed E-state index contributed by atoms with van der Waals surface area (Å²) in [6.07, 6.45) is 10.6. The van der Waals surface area contributed by atoms with Crippen LogP contribution < -0.4 is 10.1 Å². The summed E-state index contributed by atoms with van der Waals surface area (Å²) >= 11 is 0. The van der Waals surface area contributed by atoms with Gasteiger partial charge in [-0.05, 0) is 61.3 Å². The Morgan fingerprint density at radius 3 is 2.63 bits per heavy atom. The monoisotopic (exact) mass is 411 g/mol. The first-order valence-electron chi connectivity index (χ1n) is 11.3. The number of benzene rings is 1. The third-order valence-corrected chi connectivity index (χ3v) is 6.84. The number of fused-ring (bicyclic) bond motifs is 1. The van der Waals surface area contributed by atoms with Gasteiger partial charge in [0.1, 0.15) is 5.75 Å². The number of H-pyrrole nitrogens is 1. The van der Waals surface area contributed by atoms with E-state index in [1.807, 2.05) is 17.0 Å². The second-order valence-electron chi connectivity index (χ2n) is 8.80. The Hall–Kier alpha value is -2.50. The summed E-state index contributed by atoms with van der Waals surface area (Å²) in [7, 11) is 1.69. The van der Waals surface area contributed by atoms with Crippen molar-refractivity contribution in [2.24, 2.45) is 5.92 Å². The van der Waals surface area contributed by atoms with E-state index >= 15 is 0 Å². The zero-order chi connectivity index (χ0) is 20.9. The molecule has 1 aliphatic carbocycles. The summed E-state index contributed by atoms with van der Waals surface area (Å²) in [5.74, 6) is 1.85. The van der Waals surface area contributed by atoms with Crippen molar-refractivity contribution in [3.05, 3.63) is 30.0 Å². The first-order valence-corrected chi connectivity index (χ1v) is 11.3. The Kier molecular flexibility index (Phi) is 6.60. The zero-order valence-electron chi connectivity index (χ0n) is 17.9. The highest BCUT2D eigenvalue weighted by Crippen LogP contribution is 2.34. The predicted octanol–water partition coefficient (Wildman–Crippen LogP) is 3.97. The highest BCUT2D eigenvalue weighted by Gasteiger charge is 2.26. The average molecular weight is 412 g/mol. The molecule has 1 aliphatic heterocycles. The van der Waals surface area contributed by atoms with Crippen molar-refractivity contribution in [3.8, 4) is 5.75 Å². The number of aromatic amines is 1. The molecule has 1 saturated carbocycles. The minimum Gasteiger partial charge on any atom is -0.497 e. The van der Waals surface area contributed by atoms with Crippen LogP contribution in [0.2, 0.25) is 0 Å². The molecule has 0 bridgehead atoms. The van der Waals surface area contributed by atoms with E-state index in [0.29, 0.717) is 18.3 Å². The molecule has 4 rings (SSSR count). The first kappa shape index (κ1) is 20.8. The van der Waals surface area contributed by atoms with Gasteiger partial charge in [-0.3, -0.25) is 9.59 Å². The third kappa shape index (κ3) is 4.79. The van der Waals surface area contributed by atoms with Crippen molar-refractivity contribution >= 4 is 22.7 Å². The fourth-order valence-corrected chi connectivity index (χ4v) is 5.04. The van der Waals surface area contributed by atoms with E-state index in [2.05, 4.69) is 22.6 Å². The van der Waals surface area contributed by atoms with E-state index in [4.69, 9.17) is 4.74 Å². The number of aromatic nitrogens is 1. The van der Waals surface area contributed by atoms with Crippen molar-refractivity contribution in [3.63, 3.8) is 0 Å². The maximum absolute atomic E-state index is 12.6. The van der Waals surface area contributed by atoms with Crippen LogP contribution in [0.3, 0.4) is 0 Å². The van der Waals surface area contributed by atoms with Crippen LogP contribution in [0.5, 0.6) is 5.75 Å². The Bertz CT molecular complexity index is 877.